The lowest BCUT2D eigenvalue weighted by molar-refractivity contribution is 0.166. The number of nitrogens with one attached hydrogen (secondary N) is 1. The molecule has 84 valence electrons. The molecular formula is C12H13FN2O. The van der Waals surface area contributed by atoms with Crippen molar-refractivity contribution in [2.75, 3.05) is 13.1 Å². The van der Waals surface area contributed by atoms with Gasteiger partial charge in [0.1, 0.15) is 23.7 Å². The number of ether oxygens (including phenoxy) is 1. The van der Waals surface area contributed by atoms with Gasteiger partial charge in [-0.2, -0.15) is 5.26 Å². The van der Waals surface area contributed by atoms with Crippen molar-refractivity contribution in [1.82, 2.24) is 5.32 Å². The van der Waals surface area contributed by atoms with Gasteiger partial charge in [-0.1, -0.05) is 0 Å². The van der Waals surface area contributed by atoms with Crippen LogP contribution in [-0.2, 0) is 0 Å². The summed E-state index contributed by atoms with van der Waals surface area (Å²) in [5.41, 5.74) is 0.0501. The molecule has 0 amide bonds. The van der Waals surface area contributed by atoms with E-state index in [1.165, 1.54) is 12.1 Å². The van der Waals surface area contributed by atoms with Crippen LogP contribution in [0, 0.1) is 17.1 Å². The highest BCUT2D eigenvalue weighted by molar-refractivity contribution is 5.36. The van der Waals surface area contributed by atoms with E-state index in [1.54, 1.807) is 12.1 Å². The Balaban J connectivity index is 2.04. The molecular weight excluding hydrogens is 207 g/mol. The predicted octanol–water partition coefficient (Wildman–Crippen LogP) is 1.83. The van der Waals surface area contributed by atoms with E-state index in [9.17, 15) is 4.39 Å². The van der Waals surface area contributed by atoms with E-state index in [2.05, 4.69) is 5.32 Å². The predicted molar refractivity (Wildman–Crippen MR) is 57.6 cm³/mol. The Morgan fingerprint density at radius 2 is 2.38 bits per heavy atom. The van der Waals surface area contributed by atoms with Gasteiger partial charge in [0, 0.05) is 12.6 Å². The molecule has 1 atom stereocenters. The third-order valence-corrected chi connectivity index (χ3v) is 2.62. The van der Waals surface area contributed by atoms with Crippen molar-refractivity contribution in [2.24, 2.45) is 0 Å². The average Bonchev–Trinajstić information content (AvgIpc) is 2.31. The van der Waals surface area contributed by atoms with Crippen LogP contribution in [-0.4, -0.2) is 19.2 Å². The zero-order chi connectivity index (χ0) is 11.4. The standard InChI is InChI=1S/C12H13FN2O/c13-12-6-10(4-3-9(12)7-14)16-11-2-1-5-15-8-11/h3-4,6,11,15H,1-2,5,8H2. The quantitative estimate of drug-likeness (QED) is 0.827. The molecule has 1 fully saturated rings. The highest BCUT2D eigenvalue weighted by Crippen LogP contribution is 2.19. The molecule has 16 heavy (non-hydrogen) atoms. The fourth-order valence-electron chi connectivity index (χ4n) is 1.77. The molecule has 1 aliphatic heterocycles. The van der Waals surface area contributed by atoms with Crippen LogP contribution < -0.4 is 10.1 Å². The van der Waals surface area contributed by atoms with Gasteiger partial charge in [0.25, 0.3) is 0 Å². The van der Waals surface area contributed by atoms with Crippen molar-refractivity contribution >= 4 is 0 Å². The highest BCUT2D eigenvalue weighted by atomic mass is 19.1. The fraction of sp³-hybridized carbons (Fsp3) is 0.417. The summed E-state index contributed by atoms with van der Waals surface area (Å²) in [6.07, 6.45) is 2.15. The number of nitrogens with zero attached hydrogens (tertiary/aromatic N) is 1. The second kappa shape index (κ2) is 4.95. The first kappa shape index (κ1) is 10.9. The fourth-order valence-corrected chi connectivity index (χ4v) is 1.77. The summed E-state index contributed by atoms with van der Waals surface area (Å²) in [5, 5.41) is 11.8. The lowest BCUT2D eigenvalue weighted by atomic mass is 10.1. The number of benzene rings is 1. The molecule has 0 aliphatic carbocycles. The summed E-state index contributed by atoms with van der Waals surface area (Å²) in [4.78, 5) is 0. The van der Waals surface area contributed by atoms with Crippen LogP contribution in [0.15, 0.2) is 18.2 Å². The first-order chi connectivity index (χ1) is 7.79. The number of nitriles is 1. The van der Waals surface area contributed by atoms with E-state index in [4.69, 9.17) is 10.00 Å². The Labute approximate surface area is 93.8 Å². The summed E-state index contributed by atoms with van der Waals surface area (Å²) < 4.78 is 18.9. The molecule has 1 saturated heterocycles. The van der Waals surface area contributed by atoms with E-state index in [-0.39, 0.29) is 11.7 Å². The Morgan fingerprint density at radius 1 is 1.50 bits per heavy atom. The van der Waals surface area contributed by atoms with E-state index in [1.807, 2.05) is 0 Å². The van der Waals surface area contributed by atoms with Gasteiger partial charge in [-0.3, -0.25) is 0 Å². The summed E-state index contributed by atoms with van der Waals surface area (Å²) in [6.45, 7) is 1.81. The van der Waals surface area contributed by atoms with Crippen molar-refractivity contribution in [3.63, 3.8) is 0 Å². The molecule has 1 aromatic rings. The van der Waals surface area contributed by atoms with Gasteiger partial charge in [0.2, 0.25) is 0 Å². The minimum atomic E-state index is -0.524. The minimum Gasteiger partial charge on any atom is -0.489 e. The third-order valence-electron chi connectivity index (χ3n) is 2.62. The summed E-state index contributed by atoms with van der Waals surface area (Å²) in [6, 6.07) is 6.13. The molecule has 4 heteroatoms. The number of halogens is 1. The normalized spacial score (nSPS) is 20.1. The summed E-state index contributed by atoms with van der Waals surface area (Å²) >= 11 is 0. The molecule has 1 N–H and O–H groups in total. The summed E-state index contributed by atoms with van der Waals surface area (Å²) in [7, 11) is 0. The molecule has 1 heterocycles. The molecule has 0 bridgehead atoms. The van der Waals surface area contributed by atoms with Gasteiger partial charge < -0.3 is 10.1 Å². The zero-order valence-corrected chi connectivity index (χ0v) is 8.87. The van der Waals surface area contributed by atoms with Crippen LogP contribution in [0.5, 0.6) is 5.75 Å². The van der Waals surface area contributed by atoms with Gasteiger partial charge in [-0.25, -0.2) is 4.39 Å². The molecule has 2 rings (SSSR count). The molecule has 0 spiro atoms. The van der Waals surface area contributed by atoms with Crippen molar-refractivity contribution in [3.8, 4) is 11.8 Å². The topological polar surface area (TPSA) is 45.0 Å². The van der Waals surface area contributed by atoms with E-state index in [0.29, 0.717) is 5.75 Å². The van der Waals surface area contributed by atoms with Gasteiger partial charge in [-0.05, 0) is 31.5 Å². The zero-order valence-electron chi connectivity index (χ0n) is 8.87. The maximum atomic E-state index is 13.3. The Bertz CT molecular complexity index is 408. The van der Waals surface area contributed by atoms with Crippen molar-refractivity contribution in [2.45, 2.75) is 18.9 Å². The molecule has 0 radical (unpaired) electrons. The lowest BCUT2D eigenvalue weighted by Gasteiger charge is -2.23. The van der Waals surface area contributed by atoms with Crippen LogP contribution >= 0.6 is 0 Å². The maximum Gasteiger partial charge on any atom is 0.144 e. The molecule has 0 aromatic heterocycles. The molecule has 0 saturated carbocycles. The van der Waals surface area contributed by atoms with Gasteiger partial charge in [0.05, 0.1) is 5.56 Å². The smallest absolute Gasteiger partial charge is 0.144 e. The van der Waals surface area contributed by atoms with Crippen LogP contribution in [0.1, 0.15) is 18.4 Å². The average molecular weight is 220 g/mol. The SMILES string of the molecule is N#Cc1ccc(OC2CCCNC2)cc1F. The Hall–Kier alpha value is -1.60. The first-order valence-corrected chi connectivity index (χ1v) is 5.36. The lowest BCUT2D eigenvalue weighted by Crippen LogP contribution is -2.37. The second-order valence-corrected chi connectivity index (χ2v) is 3.84. The number of rotatable bonds is 2. The second-order valence-electron chi connectivity index (χ2n) is 3.84. The van der Waals surface area contributed by atoms with Crippen molar-refractivity contribution < 1.29 is 9.13 Å². The van der Waals surface area contributed by atoms with E-state index >= 15 is 0 Å². The monoisotopic (exact) mass is 220 g/mol. The van der Waals surface area contributed by atoms with Gasteiger partial charge >= 0.3 is 0 Å². The van der Waals surface area contributed by atoms with Gasteiger partial charge in [0.15, 0.2) is 0 Å². The summed E-state index contributed by atoms with van der Waals surface area (Å²) in [5.74, 6) is -0.0334. The Morgan fingerprint density at radius 3 is 3.00 bits per heavy atom. The highest BCUT2D eigenvalue weighted by Gasteiger charge is 2.14. The maximum absolute atomic E-state index is 13.3. The third kappa shape index (κ3) is 2.50. The van der Waals surface area contributed by atoms with Crippen molar-refractivity contribution in [3.05, 3.63) is 29.6 Å². The van der Waals surface area contributed by atoms with E-state index in [0.717, 1.165) is 25.9 Å². The van der Waals surface area contributed by atoms with Crippen LogP contribution in [0.2, 0.25) is 0 Å². The first-order valence-electron chi connectivity index (χ1n) is 5.36. The Kier molecular flexibility index (Phi) is 3.37. The van der Waals surface area contributed by atoms with Crippen LogP contribution in [0.4, 0.5) is 4.39 Å². The molecule has 1 aromatic carbocycles. The van der Waals surface area contributed by atoms with Gasteiger partial charge in [-0.15, -0.1) is 0 Å². The van der Waals surface area contributed by atoms with Crippen LogP contribution in [0.3, 0.4) is 0 Å². The largest absolute Gasteiger partial charge is 0.489 e. The number of piperidine rings is 1. The minimum absolute atomic E-state index is 0.0501. The molecule has 1 unspecified atom stereocenters. The number of hydrogen-bond acceptors (Lipinski definition) is 3. The van der Waals surface area contributed by atoms with Crippen LogP contribution in [0.25, 0.3) is 0 Å². The van der Waals surface area contributed by atoms with Crippen molar-refractivity contribution in [1.29, 1.82) is 5.26 Å². The molecule has 1 aliphatic rings. The molecule has 3 nitrogen and oxygen atoms in total. The van der Waals surface area contributed by atoms with E-state index < -0.39 is 5.82 Å². The number of hydrogen-bond donors (Lipinski definition) is 1.